The van der Waals surface area contributed by atoms with Crippen LogP contribution in [-0.2, 0) is 11.3 Å². The number of amides is 1. The van der Waals surface area contributed by atoms with E-state index in [2.05, 4.69) is 39.5 Å². The summed E-state index contributed by atoms with van der Waals surface area (Å²) >= 11 is 0. The number of nitrogens with one attached hydrogen (secondary N) is 2. The third-order valence-corrected chi connectivity index (χ3v) is 8.34. The van der Waals surface area contributed by atoms with Gasteiger partial charge in [-0.3, -0.25) is 9.69 Å². The van der Waals surface area contributed by atoms with Crippen molar-refractivity contribution in [1.29, 1.82) is 0 Å². The van der Waals surface area contributed by atoms with Gasteiger partial charge in [-0.25, -0.2) is 4.99 Å². The zero-order valence-corrected chi connectivity index (χ0v) is 23.0. The Kier molecular flexibility index (Phi) is 7.96. The molecule has 4 aromatic rings. The Labute approximate surface area is 236 Å². The smallest absolute Gasteiger partial charge is 0.227 e. The highest BCUT2D eigenvalue weighted by Gasteiger charge is 2.23. The summed E-state index contributed by atoms with van der Waals surface area (Å²) in [4.78, 5) is 23.7. The van der Waals surface area contributed by atoms with Gasteiger partial charge < -0.3 is 15.4 Å². The average molecular weight is 535 g/mol. The van der Waals surface area contributed by atoms with E-state index in [-0.39, 0.29) is 17.7 Å². The van der Waals surface area contributed by atoms with Gasteiger partial charge in [-0.15, -0.1) is 0 Å². The lowest BCUT2D eigenvalue weighted by atomic mass is 9.88. The van der Waals surface area contributed by atoms with Crippen molar-refractivity contribution in [2.24, 2.45) is 10.9 Å². The molecule has 40 heavy (non-hydrogen) atoms. The van der Waals surface area contributed by atoms with Crippen LogP contribution in [0.5, 0.6) is 5.88 Å². The molecule has 2 heterocycles. The number of aliphatic imine (C=N–C) groups is 1. The normalized spacial score (nSPS) is 17.2. The molecule has 0 unspecified atom stereocenters. The molecular weight excluding hydrogens is 496 g/mol. The second kappa shape index (κ2) is 12.1. The monoisotopic (exact) mass is 534 g/mol. The summed E-state index contributed by atoms with van der Waals surface area (Å²) in [6.07, 6.45) is 9.24. The largest absolute Gasteiger partial charge is 0.494 e. The van der Waals surface area contributed by atoms with Gasteiger partial charge in [-0.1, -0.05) is 68.1 Å². The molecular formula is C34H38N4O2. The molecule has 2 aliphatic rings. The van der Waals surface area contributed by atoms with E-state index >= 15 is 0 Å². The molecule has 6 heteroatoms. The van der Waals surface area contributed by atoms with Crippen LogP contribution in [0, 0.1) is 5.92 Å². The van der Waals surface area contributed by atoms with Crippen LogP contribution in [0.25, 0.3) is 10.9 Å². The number of benzene rings is 3. The van der Waals surface area contributed by atoms with Gasteiger partial charge in [0.15, 0.2) is 5.88 Å². The molecule has 0 spiro atoms. The van der Waals surface area contributed by atoms with Gasteiger partial charge in [0.2, 0.25) is 5.91 Å². The third kappa shape index (κ3) is 5.97. The van der Waals surface area contributed by atoms with E-state index in [1.807, 2.05) is 48.5 Å². The fourth-order valence-corrected chi connectivity index (χ4v) is 6.15. The summed E-state index contributed by atoms with van der Waals surface area (Å²) in [7, 11) is 0. The van der Waals surface area contributed by atoms with E-state index in [0.29, 0.717) is 11.3 Å². The SMILES string of the molecule is O=C(Nc1ccc2[nH]c(O)c(C(=Nc3ccc(CN4CCCCC4)cc3)c3ccccc3)c2c1)C1CCCCC1. The highest BCUT2D eigenvalue weighted by Crippen LogP contribution is 2.34. The molecule has 1 aromatic heterocycles. The number of aromatic hydroxyl groups is 1. The number of rotatable bonds is 7. The van der Waals surface area contributed by atoms with Crippen molar-refractivity contribution < 1.29 is 9.90 Å². The Bertz CT molecular complexity index is 1480. The molecule has 2 fully saturated rings. The van der Waals surface area contributed by atoms with Crippen molar-refractivity contribution in [3.8, 4) is 5.88 Å². The summed E-state index contributed by atoms with van der Waals surface area (Å²) in [5.41, 5.74) is 5.87. The molecule has 0 atom stereocenters. The lowest BCUT2D eigenvalue weighted by molar-refractivity contribution is -0.120. The van der Waals surface area contributed by atoms with Crippen LogP contribution in [0.15, 0.2) is 77.8 Å². The van der Waals surface area contributed by atoms with Crippen molar-refractivity contribution in [1.82, 2.24) is 9.88 Å². The molecule has 1 saturated carbocycles. The van der Waals surface area contributed by atoms with Crippen LogP contribution in [0.2, 0.25) is 0 Å². The summed E-state index contributed by atoms with van der Waals surface area (Å²) in [5, 5.41) is 15.1. The van der Waals surface area contributed by atoms with Crippen LogP contribution in [0.4, 0.5) is 11.4 Å². The maximum absolute atomic E-state index is 12.9. The van der Waals surface area contributed by atoms with Crippen LogP contribution in [0.1, 0.15) is 68.1 Å². The van der Waals surface area contributed by atoms with Gasteiger partial charge >= 0.3 is 0 Å². The number of H-pyrrole nitrogens is 1. The first-order valence-electron chi connectivity index (χ1n) is 14.8. The third-order valence-electron chi connectivity index (χ3n) is 8.34. The molecule has 0 radical (unpaired) electrons. The van der Waals surface area contributed by atoms with Crippen molar-refractivity contribution in [2.45, 2.75) is 57.9 Å². The quantitative estimate of drug-likeness (QED) is 0.214. The van der Waals surface area contributed by atoms with E-state index in [9.17, 15) is 9.90 Å². The predicted molar refractivity (Wildman–Crippen MR) is 162 cm³/mol. The summed E-state index contributed by atoms with van der Waals surface area (Å²) < 4.78 is 0. The zero-order chi connectivity index (χ0) is 27.3. The Morgan fingerprint density at radius 1 is 0.900 bits per heavy atom. The van der Waals surface area contributed by atoms with Gasteiger partial charge in [0, 0.05) is 34.6 Å². The van der Waals surface area contributed by atoms with Crippen LogP contribution >= 0.6 is 0 Å². The minimum Gasteiger partial charge on any atom is -0.494 e. The van der Waals surface area contributed by atoms with E-state index in [4.69, 9.17) is 4.99 Å². The number of hydrogen-bond acceptors (Lipinski definition) is 4. The molecule has 1 saturated heterocycles. The number of carbonyl (C=O) groups is 1. The zero-order valence-electron chi connectivity index (χ0n) is 23.0. The number of aromatic amines is 1. The van der Waals surface area contributed by atoms with Gasteiger partial charge in [0.05, 0.1) is 17.0 Å². The standard InChI is InChI=1S/C34H38N4O2/c39-33(26-12-6-2-7-13-26)36-28-18-19-30-29(22-28)31(34(40)37-30)32(25-10-4-1-5-11-25)35-27-16-14-24(15-17-27)23-38-20-8-3-9-21-38/h1,4-5,10-11,14-19,22,26,37,40H,2-3,6-9,12-13,20-21,23H2,(H,36,39). The fraction of sp³-hybridized carbons (Fsp3) is 0.353. The molecule has 3 aromatic carbocycles. The minimum absolute atomic E-state index is 0.0649. The second-order valence-electron chi connectivity index (χ2n) is 11.3. The van der Waals surface area contributed by atoms with E-state index in [1.165, 1.54) is 44.3 Å². The number of piperidine rings is 1. The second-order valence-corrected chi connectivity index (χ2v) is 11.3. The van der Waals surface area contributed by atoms with E-state index < -0.39 is 0 Å². The number of aromatic nitrogens is 1. The van der Waals surface area contributed by atoms with Crippen molar-refractivity contribution >= 4 is 33.9 Å². The number of anilines is 1. The van der Waals surface area contributed by atoms with Crippen LogP contribution < -0.4 is 5.32 Å². The topological polar surface area (TPSA) is 80.7 Å². The molecule has 0 bridgehead atoms. The number of fused-ring (bicyclic) bond motifs is 1. The van der Waals surface area contributed by atoms with Crippen molar-refractivity contribution in [3.63, 3.8) is 0 Å². The van der Waals surface area contributed by atoms with E-state index in [1.54, 1.807) is 0 Å². The maximum Gasteiger partial charge on any atom is 0.227 e. The lowest BCUT2D eigenvalue weighted by Crippen LogP contribution is -2.28. The molecule has 1 aliphatic heterocycles. The fourth-order valence-electron chi connectivity index (χ4n) is 6.15. The first-order chi connectivity index (χ1) is 19.6. The molecule has 1 amide bonds. The summed E-state index contributed by atoms with van der Waals surface area (Å²) in [6.45, 7) is 3.30. The van der Waals surface area contributed by atoms with Crippen LogP contribution in [0.3, 0.4) is 0 Å². The minimum atomic E-state index is 0.0649. The Hall–Kier alpha value is -3.90. The Morgan fingerprint density at radius 3 is 2.38 bits per heavy atom. The highest BCUT2D eigenvalue weighted by molar-refractivity contribution is 6.22. The Morgan fingerprint density at radius 2 is 1.62 bits per heavy atom. The number of hydrogen-bond donors (Lipinski definition) is 3. The first kappa shape index (κ1) is 26.3. The number of carbonyl (C=O) groups excluding carboxylic acids is 1. The first-order valence-corrected chi connectivity index (χ1v) is 14.8. The summed E-state index contributed by atoms with van der Waals surface area (Å²) in [5.74, 6) is 0.222. The molecule has 206 valence electrons. The average Bonchev–Trinajstić information content (AvgIpc) is 3.33. The van der Waals surface area contributed by atoms with Gasteiger partial charge in [-0.2, -0.15) is 0 Å². The Balaban J connectivity index is 1.33. The highest BCUT2D eigenvalue weighted by atomic mass is 16.3. The molecule has 1 aliphatic carbocycles. The van der Waals surface area contributed by atoms with Gasteiger partial charge in [-0.05, 0) is 74.7 Å². The lowest BCUT2D eigenvalue weighted by Gasteiger charge is -2.26. The molecule has 3 N–H and O–H groups in total. The molecule has 6 nitrogen and oxygen atoms in total. The van der Waals surface area contributed by atoms with Crippen molar-refractivity contribution in [3.05, 3.63) is 89.5 Å². The van der Waals surface area contributed by atoms with Gasteiger partial charge in [0.25, 0.3) is 0 Å². The maximum atomic E-state index is 12.9. The number of nitrogens with zero attached hydrogens (tertiary/aromatic N) is 2. The number of likely N-dealkylation sites (tertiary alicyclic amines) is 1. The van der Waals surface area contributed by atoms with E-state index in [0.717, 1.165) is 60.1 Å². The molecule has 6 rings (SSSR count). The predicted octanol–water partition coefficient (Wildman–Crippen LogP) is 7.55. The van der Waals surface area contributed by atoms with Gasteiger partial charge in [0.1, 0.15) is 0 Å². The van der Waals surface area contributed by atoms with Crippen molar-refractivity contribution in [2.75, 3.05) is 18.4 Å². The summed E-state index contributed by atoms with van der Waals surface area (Å²) in [6, 6.07) is 24.1. The van der Waals surface area contributed by atoms with Crippen LogP contribution in [-0.4, -0.2) is 39.7 Å².